The molecule has 1 aromatic heterocycles. The van der Waals surface area contributed by atoms with Crippen molar-refractivity contribution in [2.45, 2.75) is 26.9 Å². The fourth-order valence-corrected chi connectivity index (χ4v) is 5.00. The molecule has 0 spiro atoms. The summed E-state index contributed by atoms with van der Waals surface area (Å²) in [4.78, 5) is 58.7. The number of nitrogens with one attached hydrogen (secondary N) is 2. The number of para-hydroxylation sites is 1. The molecule has 2 aliphatic rings. The second-order valence-corrected chi connectivity index (χ2v) is 9.90. The molecule has 206 valence electrons. The van der Waals surface area contributed by atoms with E-state index in [0.717, 1.165) is 16.7 Å². The zero-order chi connectivity index (χ0) is 28.2. The molecule has 3 heterocycles. The number of carbonyl (C=O) groups is 3. The Labute approximate surface area is 232 Å². The second-order valence-electron chi connectivity index (χ2n) is 9.90. The summed E-state index contributed by atoms with van der Waals surface area (Å²) in [6, 6.07) is 14.2. The predicted molar refractivity (Wildman–Crippen MR) is 154 cm³/mol. The maximum atomic E-state index is 13.9. The fraction of sp³-hybridized carbons (Fsp3) is 0.310. The summed E-state index contributed by atoms with van der Waals surface area (Å²) in [6.45, 7) is 7.60. The average Bonchev–Trinajstić information content (AvgIpc) is 3.04. The van der Waals surface area contributed by atoms with Crippen LogP contribution in [0.4, 0.5) is 22.1 Å². The minimum Gasteiger partial charge on any atom is -0.338 e. The van der Waals surface area contributed by atoms with Gasteiger partial charge in [0.05, 0.1) is 5.69 Å². The van der Waals surface area contributed by atoms with E-state index >= 15 is 0 Å². The Morgan fingerprint density at radius 2 is 1.68 bits per heavy atom. The van der Waals surface area contributed by atoms with Crippen LogP contribution in [0.1, 0.15) is 23.6 Å². The molecule has 11 nitrogen and oxygen atoms in total. The number of hydrogen-bond donors (Lipinski definition) is 2. The quantitative estimate of drug-likeness (QED) is 0.513. The zero-order valence-electron chi connectivity index (χ0n) is 22.8. The minimum atomic E-state index is -1.20. The molecule has 1 atom stereocenters. The normalized spacial score (nSPS) is 17.1. The predicted octanol–water partition coefficient (Wildman–Crippen LogP) is 2.75. The molecule has 1 saturated heterocycles. The second kappa shape index (κ2) is 11.5. The standard InChI is InChI=1S/C29H32N8O3/c1-19-7-4-9-22(17-19)33-29(40)34-26-27(39)37(25-20(2)8-5-10-23(25)21(3)32-26)18-24(38)35-13-15-36(16-14-35)28-30-11-6-12-31-28/h4-12,17,26H,13-16,18H2,1-3H3,(H2,33,34,40)/t26-/m0/s1. The van der Waals surface area contributed by atoms with E-state index < -0.39 is 18.1 Å². The number of rotatable bonds is 5. The van der Waals surface area contributed by atoms with Crippen LogP contribution in [0.15, 0.2) is 65.9 Å². The molecule has 2 aromatic carbocycles. The summed E-state index contributed by atoms with van der Waals surface area (Å²) < 4.78 is 0. The molecule has 2 aliphatic heterocycles. The van der Waals surface area contributed by atoms with E-state index in [1.807, 2.05) is 55.1 Å². The van der Waals surface area contributed by atoms with E-state index in [1.165, 1.54) is 4.90 Å². The lowest BCUT2D eigenvalue weighted by Gasteiger charge is -2.36. The Balaban J connectivity index is 1.34. The highest BCUT2D eigenvalue weighted by molar-refractivity contribution is 6.14. The number of aliphatic imine (C=N–C) groups is 1. The molecule has 5 rings (SSSR count). The van der Waals surface area contributed by atoms with Gasteiger partial charge in [0.2, 0.25) is 18.0 Å². The molecule has 2 N–H and O–H groups in total. The molecule has 40 heavy (non-hydrogen) atoms. The summed E-state index contributed by atoms with van der Waals surface area (Å²) in [7, 11) is 0. The van der Waals surface area contributed by atoms with Gasteiger partial charge < -0.3 is 20.4 Å². The highest BCUT2D eigenvalue weighted by Gasteiger charge is 2.35. The number of anilines is 3. The van der Waals surface area contributed by atoms with Crippen molar-refractivity contribution in [3.63, 3.8) is 0 Å². The smallest absolute Gasteiger partial charge is 0.321 e. The van der Waals surface area contributed by atoms with E-state index in [1.54, 1.807) is 36.4 Å². The number of hydrogen-bond acceptors (Lipinski definition) is 7. The van der Waals surface area contributed by atoms with Crippen LogP contribution in [-0.4, -0.2) is 77.3 Å². The third-order valence-electron chi connectivity index (χ3n) is 7.02. The Bertz CT molecular complexity index is 1450. The number of urea groups is 1. The lowest BCUT2D eigenvalue weighted by molar-refractivity contribution is -0.131. The number of amides is 4. The molecule has 0 aliphatic carbocycles. The average molecular weight is 541 g/mol. The summed E-state index contributed by atoms with van der Waals surface area (Å²) >= 11 is 0. The van der Waals surface area contributed by atoms with Gasteiger partial charge in [-0.25, -0.2) is 14.8 Å². The molecule has 11 heteroatoms. The van der Waals surface area contributed by atoms with Crippen LogP contribution in [0.2, 0.25) is 0 Å². The Morgan fingerprint density at radius 1 is 0.950 bits per heavy atom. The molecule has 0 radical (unpaired) electrons. The van der Waals surface area contributed by atoms with Crippen LogP contribution >= 0.6 is 0 Å². The van der Waals surface area contributed by atoms with Gasteiger partial charge in [0.25, 0.3) is 5.91 Å². The summed E-state index contributed by atoms with van der Waals surface area (Å²) in [5.41, 5.74) is 4.40. The highest BCUT2D eigenvalue weighted by atomic mass is 16.2. The van der Waals surface area contributed by atoms with Crippen LogP contribution < -0.4 is 20.4 Å². The largest absolute Gasteiger partial charge is 0.338 e. The molecule has 1 fully saturated rings. The van der Waals surface area contributed by atoms with E-state index in [-0.39, 0.29) is 12.5 Å². The van der Waals surface area contributed by atoms with Crippen molar-refractivity contribution in [1.29, 1.82) is 0 Å². The van der Waals surface area contributed by atoms with E-state index in [2.05, 4.69) is 25.6 Å². The number of aromatic nitrogens is 2. The first-order valence-electron chi connectivity index (χ1n) is 13.2. The van der Waals surface area contributed by atoms with E-state index in [9.17, 15) is 14.4 Å². The van der Waals surface area contributed by atoms with Crippen LogP contribution in [0.3, 0.4) is 0 Å². The maximum absolute atomic E-state index is 13.9. The summed E-state index contributed by atoms with van der Waals surface area (Å²) in [5.74, 6) is -0.0255. The third kappa shape index (κ3) is 5.78. The molecule has 0 bridgehead atoms. The van der Waals surface area contributed by atoms with Crippen LogP contribution in [0.25, 0.3) is 0 Å². The van der Waals surface area contributed by atoms with Gasteiger partial charge in [-0.15, -0.1) is 0 Å². The van der Waals surface area contributed by atoms with Gasteiger partial charge in [-0.05, 0) is 50.1 Å². The zero-order valence-corrected chi connectivity index (χ0v) is 22.8. The summed E-state index contributed by atoms with van der Waals surface area (Å²) in [5, 5.41) is 5.46. The van der Waals surface area contributed by atoms with Gasteiger partial charge in [-0.2, -0.15) is 0 Å². The van der Waals surface area contributed by atoms with Crippen molar-refractivity contribution in [3.05, 3.63) is 77.6 Å². The van der Waals surface area contributed by atoms with Gasteiger partial charge in [0, 0.05) is 55.5 Å². The van der Waals surface area contributed by atoms with Crippen molar-refractivity contribution in [3.8, 4) is 0 Å². The first-order valence-corrected chi connectivity index (χ1v) is 13.2. The topological polar surface area (TPSA) is 123 Å². The maximum Gasteiger partial charge on any atom is 0.321 e. The number of benzene rings is 2. The van der Waals surface area contributed by atoms with Gasteiger partial charge in [0.1, 0.15) is 6.54 Å². The molecule has 4 amide bonds. The van der Waals surface area contributed by atoms with Crippen molar-refractivity contribution >= 4 is 40.9 Å². The number of fused-ring (bicyclic) bond motifs is 1. The van der Waals surface area contributed by atoms with Gasteiger partial charge in [0.15, 0.2) is 0 Å². The first-order chi connectivity index (χ1) is 19.3. The molecular weight excluding hydrogens is 508 g/mol. The van der Waals surface area contributed by atoms with Crippen molar-refractivity contribution in [2.24, 2.45) is 4.99 Å². The fourth-order valence-electron chi connectivity index (χ4n) is 5.00. The van der Waals surface area contributed by atoms with Crippen LogP contribution in [-0.2, 0) is 9.59 Å². The number of nitrogens with zero attached hydrogens (tertiary/aromatic N) is 6. The lowest BCUT2D eigenvalue weighted by atomic mass is 10.0. The highest BCUT2D eigenvalue weighted by Crippen LogP contribution is 2.29. The Morgan fingerprint density at radius 3 is 2.40 bits per heavy atom. The van der Waals surface area contributed by atoms with Crippen molar-refractivity contribution < 1.29 is 14.4 Å². The Kier molecular flexibility index (Phi) is 7.72. The minimum absolute atomic E-state index is 0.168. The summed E-state index contributed by atoms with van der Waals surface area (Å²) in [6.07, 6.45) is 2.19. The molecular formula is C29H32N8O3. The number of piperazine rings is 1. The van der Waals surface area contributed by atoms with Crippen LogP contribution in [0, 0.1) is 13.8 Å². The third-order valence-corrected chi connectivity index (χ3v) is 7.02. The van der Waals surface area contributed by atoms with E-state index in [0.29, 0.717) is 49.2 Å². The number of aryl methyl sites for hydroxylation is 2. The lowest BCUT2D eigenvalue weighted by Crippen LogP contribution is -2.54. The van der Waals surface area contributed by atoms with Gasteiger partial charge in [-0.3, -0.25) is 19.5 Å². The monoisotopic (exact) mass is 540 g/mol. The first kappa shape index (κ1) is 26.8. The van der Waals surface area contributed by atoms with Gasteiger partial charge >= 0.3 is 6.03 Å². The van der Waals surface area contributed by atoms with Crippen molar-refractivity contribution in [1.82, 2.24) is 20.2 Å². The molecule has 0 unspecified atom stereocenters. The van der Waals surface area contributed by atoms with Crippen molar-refractivity contribution in [2.75, 3.05) is 47.8 Å². The number of carbonyl (C=O) groups excluding carboxylic acids is 3. The Hall–Kier alpha value is -4.80. The van der Waals surface area contributed by atoms with E-state index in [4.69, 9.17) is 0 Å². The van der Waals surface area contributed by atoms with Gasteiger partial charge in [-0.1, -0.05) is 30.3 Å². The molecule has 3 aromatic rings. The van der Waals surface area contributed by atoms with Crippen LogP contribution in [0.5, 0.6) is 0 Å². The SMILES string of the molecule is CC1=N[C@@H](NC(=O)Nc2cccc(C)c2)C(=O)N(CC(=O)N2CCN(c3ncccn3)CC2)c2c(C)cccc21. The molecule has 0 saturated carbocycles. The number of benzodiazepines with no additional fused rings is 1.